The van der Waals surface area contributed by atoms with Crippen LogP contribution in [0, 0.1) is 0 Å². The molecule has 28 heavy (non-hydrogen) atoms. The fourth-order valence-electron chi connectivity index (χ4n) is 2.54. The van der Waals surface area contributed by atoms with E-state index < -0.39 is 0 Å². The van der Waals surface area contributed by atoms with Crippen molar-refractivity contribution in [1.29, 1.82) is 0 Å². The summed E-state index contributed by atoms with van der Waals surface area (Å²) in [5, 5.41) is 12.2. The fourth-order valence-corrected chi connectivity index (χ4v) is 3.88. The predicted molar refractivity (Wildman–Crippen MR) is 117 cm³/mol. The maximum Gasteiger partial charge on any atom is 0.239 e. The van der Waals surface area contributed by atoms with Gasteiger partial charge in [0, 0.05) is 10.0 Å². The number of amidine groups is 1. The minimum absolute atomic E-state index is 0.120. The van der Waals surface area contributed by atoms with Crippen LogP contribution in [0.3, 0.4) is 0 Å². The van der Waals surface area contributed by atoms with Gasteiger partial charge in [0.2, 0.25) is 5.91 Å². The van der Waals surface area contributed by atoms with Crippen molar-refractivity contribution in [2.24, 2.45) is 10.2 Å². The van der Waals surface area contributed by atoms with Gasteiger partial charge in [0.05, 0.1) is 17.6 Å². The summed E-state index contributed by atoms with van der Waals surface area (Å²) in [7, 11) is 0. The summed E-state index contributed by atoms with van der Waals surface area (Å²) in [5.74, 6) is 0.685. The normalized spacial score (nSPS) is 18.2. The second-order valence-electron chi connectivity index (χ2n) is 6.42. The molecule has 0 saturated carbocycles. The largest absolute Gasteiger partial charge is 0.491 e. The molecule has 2 aromatic carbocycles. The third-order valence-electron chi connectivity index (χ3n) is 3.80. The zero-order chi connectivity index (χ0) is 20.1. The number of rotatable bonds is 6. The summed E-state index contributed by atoms with van der Waals surface area (Å²) in [6.07, 6.45) is 2.22. The van der Waals surface area contributed by atoms with Gasteiger partial charge in [0.15, 0.2) is 5.17 Å². The first-order valence-electron chi connectivity index (χ1n) is 8.70. The number of amides is 1. The van der Waals surface area contributed by atoms with Gasteiger partial charge >= 0.3 is 0 Å². The van der Waals surface area contributed by atoms with E-state index in [1.807, 2.05) is 38.1 Å². The van der Waals surface area contributed by atoms with Crippen molar-refractivity contribution >= 4 is 52.3 Å². The quantitative estimate of drug-likeness (QED) is 0.515. The molecule has 1 amide bonds. The maximum absolute atomic E-state index is 12.2. The van der Waals surface area contributed by atoms with E-state index in [4.69, 9.17) is 27.9 Å². The summed E-state index contributed by atoms with van der Waals surface area (Å²) < 4.78 is 5.60. The van der Waals surface area contributed by atoms with Crippen LogP contribution in [0.5, 0.6) is 5.75 Å². The maximum atomic E-state index is 12.2. The van der Waals surface area contributed by atoms with Crippen molar-refractivity contribution < 1.29 is 9.53 Å². The highest BCUT2D eigenvalue weighted by molar-refractivity contribution is 8.15. The highest BCUT2D eigenvalue weighted by atomic mass is 35.5. The van der Waals surface area contributed by atoms with Crippen LogP contribution < -0.4 is 10.1 Å². The van der Waals surface area contributed by atoms with E-state index in [2.05, 4.69) is 15.5 Å². The van der Waals surface area contributed by atoms with Crippen LogP contribution in [0.2, 0.25) is 10.0 Å². The van der Waals surface area contributed by atoms with Crippen molar-refractivity contribution in [3.05, 3.63) is 63.6 Å². The zero-order valence-electron chi connectivity index (χ0n) is 15.4. The van der Waals surface area contributed by atoms with Gasteiger partial charge in [-0.2, -0.15) is 5.10 Å². The van der Waals surface area contributed by atoms with Gasteiger partial charge in [0.1, 0.15) is 5.75 Å². The van der Waals surface area contributed by atoms with E-state index in [1.165, 1.54) is 11.8 Å². The monoisotopic (exact) mass is 435 g/mol. The summed E-state index contributed by atoms with van der Waals surface area (Å²) in [4.78, 5) is 12.2. The Labute approximate surface area is 178 Å². The number of thioether (sulfide) groups is 1. The minimum Gasteiger partial charge on any atom is -0.491 e. The fraction of sp³-hybridized carbons (Fsp3) is 0.250. The third kappa shape index (κ3) is 5.74. The van der Waals surface area contributed by atoms with Crippen LogP contribution >= 0.6 is 35.0 Å². The highest BCUT2D eigenvalue weighted by Crippen LogP contribution is 2.28. The molecule has 1 atom stereocenters. The first-order chi connectivity index (χ1) is 13.4. The number of nitrogens with one attached hydrogen (secondary N) is 1. The minimum atomic E-state index is -0.322. The summed E-state index contributed by atoms with van der Waals surface area (Å²) >= 11 is 13.5. The average molecular weight is 436 g/mol. The Balaban J connectivity index is 1.60. The molecule has 0 aromatic heterocycles. The molecule has 3 rings (SSSR count). The van der Waals surface area contributed by atoms with E-state index in [-0.39, 0.29) is 17.3 Å². The molecule has 0 aliphatic carbocycles. The summed E-state index contributed by atoms with van der Waals surface area (Å²) in [6.45, 7) is 3.96. The molecule has 1 saturated heterocycles. The van der Waals surface area contributed by atoms with E-state index in [1.54, 1.807) is 24.4 Å². The van der Waals surface area contributed by atoms with Crippen LogP contribution in [0.1, 0.15) is 25.0 Å². The van der Waals surface area contributed by atoms with E-state index in [9.17, 15) is 4.79 Å². The lowest BCUT2D eigenvalue weighted by Crippen LogP contribution is -2.26. The molecule has 146 valence electrons. The third-order valence-corrected chi connectivity index (χ3v) is 5.47. The van der Waals surface area contributed by atoms with E-state index in [0.717, 1.165) is 16.9 Å². The van der Waals surface area contributed by atoms with Crippen molar-refractivity contribution in [2.75, 3.05) is 0 Å². The lowest BCUT2D eigenvalue weighted by Gasteiger charge is -2.08. The Morgan fingerprint density at radius 1 is 1.21 bits per heavy atom. The van der Waals surface area contributed by atoms with Gasteiger partial charge in [-0.1, -0.05) is 35.0 Å². The van der Waals surface area contributed by atoms with Gasteiger partial charge in [-0.25, -0.2) is 0 Å². The molecule has 0 spiro atoms. The van der Waals surface area contributed by atoms with Gasteiger partial charge in [-0.15, -0.1) is 5.10 Å². The number of hydrogen-bond donors (Lipinski definition) is 1. The molecule has 2 aromatic rings. The Morgan fingerprint density at radius 3 is 2.68 bits per heavy atom. The van der Waals surface area contributed by atoms with Crippen molar-refractivity contribution in [2.45, 2.75) is 31.6 Å². The second-order valence-corrected chi connectivity index (χ2v) is 8.46. The van der Waals surface area contributed by atoms with Crippen LogP contribution in [0.15, 0.2) is 52.7 Å². The Bertz CT molecular complexity index is 914. The Hall–Kier alpha value is -2.02. The SMILES string of the molecule is CC(C)Oc1ccc(/C=N/N=C2NC(=O)C(Cc3cc(Cl)ccc3Cl)S2)cc1. The average Bonchev–Trinajstić information content (AvgIpc) is 2.99. The van der Waals surface area contributed by atoms with Crippen LogP contribution in [-0.4, -0.2) is 28.6 Å². The topological polar surface area (TPSA) is 63.1 Å². The molecule has 1 aliphatic rings. The van der Waals surface area contributed by atoms with E-state index in [0.29, 0.717) is 21.6 Å². The molecule has 8 heteroatoms. The van der Waals surface area contributed by atoms with Gasteiger partial charge in [-0.05, 0) is 73.9 Å². The Morgan fingerprint density at radius 2 is 1.96 bits per heavy atom. The van der Waals surface area contributed by atoms with Crippen LogP contribution in [0.4, 0.5) is 0 Å². The Kier molecular flexibility index (Phi) is 6.99. The van der Waals surface area contributed by atoms with Crippen LogP contribution in [-0.2, 0) is 11.2 Å². The number of nitrogens with zero attached hydrogens (tertiary/aromatic N) is 2. The van der Waals surface area contributed by atoms with Gasteiger partial charge in [-0.3, -0.25) is 4.79 Å². The van der Waals surface area contributed by atoms with E-state index >= 15 is 0 Å². The number of benzene rings is 2. The summed E-state index contributed by atoms with van der Waals surface area (Å²) in [6, 6.07) is 12.8. The lowest BCUT2D eigenvalue weighted by molar-refractivity contribution is -0.118. The number of halogens is 2. The molecule has 1 heterocycles. The predicted octanol–water partition coefficient (Wildman–Crippen LogP) is 4.94. The number of carbonyl (C=O) groups excluding carboxylic acids is 1. The first-order valence-corrected chi connectivity index (χ1v) is 10.3. The molecule has 0 radical (unpaired) electrons. The van der Waals surface area contributed by atoms with Crippen molar-refractivity contribution in [3.63, 3.8) is 0 Å². The van der Waals surface area contributed by atoms with Crippen molar-refractivity contribution in [1.82, 2.24) is 5.32 Å². The molecule has 1 unspecified atom stereocenters. The number of ether oxygens (including phenoxy) is 1. The molecule has 1 N–H and O–H groups in total. The first kappa shape index (κ1) is 20.7. The second kappa shape index (κ2) is 9.45. The van der Waals surface area contributed by atoms with Crippen LogP contribution in [0.25, 0.3) is 0 Å². The molecule has 1 aliphatic heterocycles. The molecular weight excluding hydrogens is 417 g/mol. The lowest BCUT2D eigenvalue weighted by atomic mass is 10.1. The smallest absolute Gasteiger partial charge is 0.239 e. The van der Waals surface area contributed by atoms with Gasteiger partial charge < -0.3 is 10.1 Å². The molecule has 1 fully saturated rings. The number of hydrogen-bond acceptors (Lipinski definition) is 5. The summed E-state index contributed by atoms with van der Waals surface area (Å²) in [5.41, 5.74) is 1.72. The zero-order valence-corrected chi connectivity index (χ0v) is 17.7. The highest BCUT2D eigenvalue weighted by Gasteiger charge is 2.31. The molecule has 5 nitrogen and oxygen atoms in total. The standard InChI is InChI=1S/C20H19Cl2N3O2S/c1-12(2)27-16-6-3-13(4-7-16)11-23-25-20-24-19(26)18(28-20)10-14-9-15(21)5-8-17(14)22/h3-9,11-12,18H,10H2,1-2H3,(H,24,25,26)/b23-11+. The molecule has 0 bridgehead atoms. The number of carbonyl (C=O) groups is 1. The van der Waals surface area contributed by atoms with Gasteiger partial charge in [0.25, 0.3) is 0 Å². The molecular formula is C20H19Cl2N3O2S. The van der Waals surface area contributed by atoms with Crippen molar-refractivity contribution in [3.8, 4) is 5.75 Å².